The number of halogens is 1. The largest absolute Gasteiger partial charge is 0.322 e. The summed E-state index contributed by atoms with van der Waals surface area (Å²) in [6.45, 7) is 0. The van der Waals surface area contributed by atoms with Gasteiger partial charge in [0.05, 0.1) is 11.7 Å². The zero-order valence-electron chi connectivity index (χ0n) is 13.3. The van der Waals surface area contributed by atoms with Crippen molar-refractivity contribution in [3.63, 3.8) is 0 Å². The molecule has 26 heavy (non-hydrogen) atoms. The van der Waals surface area contributed by atoms with Gasteiger partial charge in [0.2, 0.25) is 0 Å². The van der Waals surface area contributed by atoms with E-state index < -0.39 is 11.5 Å². The number of H-pyrrole nitrogens is 2. The maximum absolute atomic E-state index is 12.4. The van der Waals surface area contributed by atoms with Crippen LogP contribution in [0.5, 0.6) is 0 Å². The Morgan fingerprint density at radius 2 is 1.88 bits per heavy atom. The molecule has 2 aromatic carbocycles. The van der Waals surface area contributed by atoms with Crippen LogP contribution >= 0.6 is 11.6 Å². The van der Waals surface area contributed by atoms with Gasteiger partial charge in [0, 0.05) is 27.9 Å². The number of amides is 1. The average molecular weight is 366 g/mol. The van der Waals surface area contributed by atoms with Crippen LogP contribution in [0.4, 0.5) is 5.69 Å². The normalized spacial score (nSPS) is 10.8. The van der Waals surface area contributed by atoms with Gasteiger partial charge in [0.25, 0.3) is 11.5 Å². The smallest absolute Gasteiger partial charge is 0.264 e. The number of rotatable bonds is 3. The second-order valence-electron chi connectivity index (χ2n) is 5.61. The molecule has 0 fully saturated rings. The van der Waals surface area contributed by atoms with Gasteiger partial charge in [-0.2, -0.15) is 5.10 Å². The second kappa shape index (κ2) is 6.45. The minimum Gasteiger partial charge on any atom is -0.322 e. The summed E-state index contributed by atoms with van der Waals surface area (Å²) in [6.07, 6.45) is 2.94. The second-order valence-corrected chi connectivity index (χ2v) is 6.04. The predicted octanol–water partition coefficient (Wildman–Crippen LogP) is 3.22. The van der Waals surface area contributed by atoms with E-state index in [1.54, 1.807) is 42.6 Å². The van der Waals surface area contributed by atoms with Crippen LogP contribution in [0.1, 0.15) is 10.4 Å². The highest BCUT2D eigenvalue weighted by Gasteiger charge is 2.13. The highest BCUT2D eigenvalue weighted by molar-refractivity contribution is 6.30. The van der Waals surface area contributed by atoms with E-state index in [1.807, 2.05) is 6.07 Å². The highest BCUT2D eigenvalue weighted by atomic mass is 35.5. The first-order chi connectivity index (χ1) is 12.6. The molecule has 4 aromatic rings. The minimum absolute atomic E-state index is 0.0765. The average Bonchev–Trinajstić information content (AvgIpc) is 3.10. The predicted molar refractivity (Wildman–Crippen MR) is 99.4 cm³/mol. The molecule has 1 amide bonds. The van der Waals surface area contributed by atoms with E-state index in [9.17, 15) is 9.59 Å². The van der Waals surface area contributed by atoms with Crippen molar-refractivity contribution in [2.45, 2.75) is 0 Å². The van der Waals surface area contributed by atoms with Gasteiger partial charge >= 0.3 is 0 Å². The molecule has 0 aliphatic carbocycles. The molecule has 0 atom stereocenters. The maximum atomic E-state index is 12.4. The van der Waals surface area contributed by atoms with Crippen LogP contribution in [0.3, 0.4) is 0 Å². The zero-order chi connectivity index (χ0) is 18.1. The Bertz CT molecular complexity index is 1160. The van der Waals surface area contributed by atoms with Gasteiger partial charge in [-0.25, -0.2) is 4.98 Å². The lowest BCUT2D eigenvalue weighted by Gasteiger charge is -2.06. The Morgan fingerprint density at radius 1 is 1.08 bits per heavy atom. The van der Waals surface area contributed by atoms with Crippen molar-refractivity contribution in [2.24, 2.45) is 0 Å². The Hall–Kier alpha value is -3.45. The van der Waals surface area contributed by atoms with E-state index in [0.717, 1.165) is 10.9 Å². The number of anilines is 1. The van der Waals surface area contributed by atoms with E-state index in [1.165, 1.54) is 6.20 Å². The molecule has 8 heteroatoms. The van der Waals surface area contributed by atoms with Crippen molar-refractivity contribution < 1.29 is 4.79 Å². The Labute approximate surface area is 152 Å². The molecule has 0 unspecified atom stereocenters. The molecule has 4 rings (SSSR count). The summed E-state index contributed by atoms with van der Waals surface area (Å²) in [7, 11) is 0. The van der Waals surface area contributed by atoms with Gasteiger partial charge in [-0.1, -0.05) is 11.6 Å². The molecule has 0 spiro atoms. The van der Waals surface area contributed by atoms with Crippen molar-refractivity contribution in [2.75, 3.05) is 5.32 Å². The van der Waals surface area contributed by atoms with Gasteiger partial charge in [-0.3, -0.25) is 14.7 Å². The van der Waals surface area contributed by atoms with E-state index in [4.69, 9.17) is 11.6 Å². The zero-order valence-corrected chi connectivity index (χ0v) is 14.0. The van der Waals surface area contributed by atoms with Crippen molar-refractivity contribution >= 4 is 34.1 Å². The third-order valence-corrected chi connectivity index (χ3v) is 4.11. The summed E-state index contributed by atoms with van der Waals surface area (Å²) >= 11 is 5.85. The molecular weight excluding hydrogens is 354 g/mol. The molecule has 0 radical (unpaired) electrons. The third kappa shape index (κ3) is 3.07. The van der Waals surface area contributed by atoms with Crippen LogP contribution in [-0.4, -0.2) is 26.1 Å². The first-order valence-electron chi connectivity index (χ1n) is 7.70. The van der Waals surface area contributed by atoms with Crippen LogP contribution in [0.2, 0.25) is 5.02 Å². The van der Waals surface area contributed by atoms with E-state index in [2.05, 4.69) is 25.5 Å². The monoisotopic (exact) mass is 365 g/mol. The van der Waals surface area contributed by atoms with Gasteiger partial charge in [-0.15, -0.1) is 0 Å². The van der Waals surface area contributed by atoms with Crippen LogP contribution in [0.15, 0.2) is 59.7 Å². The molecular formula is C18H12ClN5O2. The number of carbonyl (C=O) groups excluding carboxylic acids is 1. The Morgan fingerprint density at radius 3 is 2.65 bits per heavy atom. The first-order valence-corrected chi connectivity index (χ1v) is 8.08. The van der Waals surface area contributed by atoms with Crippen molar-refractivity contribution in [3.8, 4) is 11.4 Å². The highest BCUT2D eigenvalue weighted by Crippen LogP contribution is 2.18. The van der Waals surface area contributed by atoms with E-state index >= 15 is 0 Å². The number of carbonyl (C=O) groups is 1. The molecule has 128 valence electrons. The van der Waals surface area contributed by atoms with E-state index in [-0.39, 0.29) is 5.56 Å². The Kier molecular flexibility index (Phi) is 3.98. The van der Waals surface area contributed by atoms with Gasteiger partial charge in [0.15, 0.2) is 0 Å². The molecule has 0 aliphatic heterocycles. The number of aromatic amines is 2. The minimum atomic E-state index is -0.541. The number of hydrogen-bond acceptors (Lipinski definition) is 4. The number of hydrogen-bond donors (Lipinski definition) is 3. The summed E-state index contributed by atoms with van der Waals surface area (Å²) in [4.78, 5) is 31.5. The Balaban J connectivity index is 1.59. The van der Waals surface area contributed by atoms with Gasteiger partial charge in [0.1, 0.15) is 11.4 Å². The fourth-order valence-corrected chi connectivity index (χ4v) is 2.65. The summed E-state index contributed by atoms with van der Waals surface area (Å²) in [6, 6.07) is 12.2. The maximum Gasteiger partial charge on any atom is 0.264 e. The molecule has 0 bridgehead atoms. The summed E-state index contributed by atoms with van der Waals surface area (Å²) in [5.41, 5.74) is 1.43. The number of nitrogens with one attached hydrogen (secondary N) is 3. The molecule has 0 saturated carbocycles. The van der Waals surface area contributed by atoms with Crippen LogP contribution in [-0.2, 0) is 0 Å². The lowest BCUT2D eigenvalue weighted by molar-refractivity contribution is 0.102. The SMILES string of the molecule is O=C(Nc1ccc2cn[nH]c2c1)c1cnc(-c2ccc(Cl)cc2)[nH]c1=O. The van der Waals surface area contributed by atoms with Gasteiger partial charge in [-0.05, 0) is 42.5 Å². The topological polar surface area (TPSA) is 104 Å². The third-order valence-electron chi connectivity index (χ3n) is 3.86. The fourth-order valence-electron chi connectivity index (χ4n) is 2.52. The van der Waals surface area contributed by atoms with E-state index in [0.29, 0.717) is 22.1 Å². The number of fused-ring (bicyclic) bond motifs is 1. The molecule has 0 saturated heterocycles. The van der Waals surface area contributed by atoms with Crippen LogP contribution < -0.4 is 10.9 Å². The summed E-state index contributed by atoms with van der Waals surface area (Å²) in [5.74, 6) is -0.178. The fraction of sp³-hybridized carbons (Fsp3) is 0. The summed E-state index contributed by atoms with van der Waals surface area (Å²) < 4.78 is 0. The van der Waals surface area contributed by atoms with Crippen LogP contribution in [0.25, 0.3) is 22.3 Å². The van der Waals surface area contributed by atoms with Crippen molar-refractivity contribution in [1.29, 1.82) is 0 Å². The molecule has 2 heterocycles. The standard InChI is InChI=1S/C18H12ClN5O2/c19-12-4-1-10(2-5-12)16-20-9-14(18(26)23-16)17(25)22-13-6-3-11-8-21-24-15(11)7-13/h1-9H,(H,21,24)(H,22,25)(H,20,23,26). The van der Waals surface area contributed by atoms with Crippen LogP contribution in [0, 0.1) is 0 Å². The van der Waals surface area contributed by atoms with Gasteiger partial charge < -0.3 is 10.3 Å². The van der Waals surface area contributed by atoms with Crippen molar-refractivity contribution in [3.05, 3.63) is 75.8 Å². The van der Waals surface area contributed by atoms with Crippen molar-refractivity contribution in [1.82, 2.24) is 20.2 Å². The number of benzene rings is 2. The molecule has 0 aliphatic rings. The first kappa shape index (κ1) is 16.0. The molecule has 3 N–H and O–H groups in total. The number of aromatic nitrogens is 4. The quantitative estimate of drug-likeness (QED) is 0.518. The summed E-state index contributed by atoms with van der Waals surface area (Å²) in [5, 5.41) is 10.9. The number of nitrogens with zero attached hydrogens (tertiary/aromatic N) is 2. The lowest BCUT2D eigenvalue weighted by Crippen LogP contribution is -2.24. The molecule has 7 nitrogen and oxygen atoms in total. The lowest BCUT2D eigenvalue weighted by atomic mass is 10.2. The molecule has 2 aromatic heterocycles.